The number of rotatable bonds is 2. The molecule has 1 heteroatoms. The SMILES string of the molecule is Cc1ccc(-c2ccccc2-c2ccccc2)cc1.S. The summed E-state index contributed by atoms with van der Waals surface area (Å²) in [6.07, 6.45) is 0. The lowest BCUT2D eigenvalue weighted by Gasteiger charge is -2.10. The third-order valence-electron chi connectivity index (χ3n) is 3.37. The van der Waals surface area contributed by atoms with Gasteiger partial charge in [-0.1, -0.05) is 84.4 Å². The molecule has 100 valence electrons. The van der Waals surface area contributed by atoms with Crippen molar-refractivity contribution in [2.24, 2.45) is 0 Å². The molecule has 0 aliphatic carbocycles. The van der Waals surface area contributed by atoms with Crippen LogP contribution in [0.15, 0.2) is 78.9 Å². The van der Waals surface area contributed by atoms with E-state index in [0.717, 1.165) is 0 Å². The molecule has 3 aromatic carbocycles. The minimum Gasteiger partial charge on any atom is -0.197 e. The molecule has 0 saturated heterocycles. The lowest BCUT2D eigenvalue weighted by atomic mass is 9.94. The Balaban J connectivity index is 0.00000147. The average molecular weight is 278 g/mol. The summed E-state index contributed by atoms with van der Waals surface area (Å²) in [6, 6.07) is 27.8. The molecule has 0 spiro atoms. The maximum absolute atomic E-state index is 2.19. The highest BCUT2D eigenvalue weighted by Gasteiger charge is 2.05. The van der Waals surface area contributed by atoms with Gasteiger partial charge < -0.3 is 0 Å². The van der Waals surface area contributed by atoms with Gasteiger partial charge in [-0.25, -0.2) is 0 Å². The number of hydrogen-bond acceptors (Lipinski definition) is 0. The first kappa shape index (κ1) is 14.4. The van der Waals surface area contributed by atoms with Crippen molar-refractivity contribution >= 4 is 13.5 Å². The van der Waals surface area contributed by atoms with Gasteiger partial charge in [0.15, 0.2) is 0 Å². The quantitative estimate of drug-likeness (QED) is 0.585. The maximum Gasteiger partial charge on any atom is -0.0105 e. The summed E-state index contributed by atoms with van der Waals surface area (Å²) in [6.45, 7) is 2.12. The van der Waals surface area contributed by atoms with Gasteiger partial charge in [0.25, 0.3) is 0 Å². The number of aryl methyl sites for hydroxylation is 1. The van der Waals surface area contributed by atoms with Crippen LogP contribution in [0.3, 0.4) is 0 Å². The van der Waals surface area contributed by atoms with Crippen LogP contribution in [0.5, 0.6) is 0 Å². The molecule has 0 nitrogen and oxygen atoms in total. The van der Waals surface area contributed by atoms with Gasteiger partial charge in [-0.2, -0.15) is 13.5 Å². The molecule has 0 atom stereocenters. The molecule has 0 fully saturated rings. The van der Waals surface area contributed by atoms with Crippen LogP contribution in [0, 0.1) is 6.92 Å². The molecular formula is C19H18S. The summed E-state index contributed by atoms with van der Waals surface area (Å²) in [7, 11) is 0. The minimum absolute atomic E-state index is 0. The lowest BCUT2D eigenvalue weighted by molar-refractivity contribution is 1.47. The second-order valence-corrected chi connectivity index (χ2v) is 4.78. The molecule has 20 heavy (non-hydrogen) atoms. The van der Waals surface area contributed by atoms with Crippen molar-refractivity contribution in [2.75, 3.05) is 0 Å². The second-order valence-electron chi connectivity index (χ2n) is 4.78. The topological polar surface area (TPSA) is 0 Å². The highest BCUT2D eigenvalue weighted by atomic mass is 32.1. The Kier molecular flexibility index (Phi) is 4.65. The molecule has 0 aromatic heterocycles. The Labute approximate surface area is 127 Å². The molecule has 0 amide bonds. The van der Waals surface area contributed by atoms with E-state index in [0.29, 0.717) is 0 Å². The third-order valence-corrected chi connectivity index (χ3v) is 3.37. The van der Waals surface area contributed by atoms with Crippen molar-refractivity contribution in [3.63, 3.8) is 0 Å². The van der Waals surface area contributed by atoms with E-state index in [1.54, 1.807) is 0 Å². The molecule has 3 aromatic rings. The summed E-state index contributed by atoms with van der Waals surface area (Å²) in [5.41, 5.74) is 6.39. The molecule has 0 N–H and O–H groups in total. The fourth-order valence-electron chi connectivity index (χ4n) is 2.34. The lowest BCUT2D eigenvalue weighted by Crippen LogP contribution is -1.84. The molecule has 0 unspecified atom stereocenters. The number of benzene rings is 3. The highest BCUT2D eigenvalue weighted by Crippen LogP contribution is 2.31. The van der Waals surface area contributed by atoms with Crippen LogP contribution in [-0.4, -0.2) is 0 Å². The summed E-state index contributed by atoms with van der Waals surface area (Å²) in [5, 5.41) is 0. The Bertz CT molecular complexity index is 670. The van der Waals surface area contributed by atoms with E-state index in [2.05, 4.69) is 85.8 Å². The predicted molar refractivity (Wildman–Crippen MR) is 92.4 cm³/mol. The van der Waals surface area contributed by atoms with E-state index in [1.807, 2.05) is 0 Å². The maximum atomic E-state index is 2.19. The largest absolute Gasteiger partial charge is 0.197 e. The van der Waals surface area contributed by atoms with Gasteiger partial charge in [-0.3, -0.25) is 0 Å². The minimum atomic E-state index is 0. The van der Waals surface area contributed by atoms with Crippen LogP contribution in [0.2, 0.25) is 0 Å². The van der Waals surface area contributed by atoms with Crippen molar-refractivity contribution in [1.82, 2.24) is 0 Å². The first-order valence-corrected chi connectivity index (χ1v) is 6.56. The fourth-order valence-corrected chi connectivity index (χ4v) is 2.34. The zero-order chi connectivity index (χ0) is 13.1. The van der Waals surface area contributed by atoms with E-state index in [1.165, 1.54) is 27.8 Å². The second kappa shape index (κ2) is 6.44. The van der Waals surface area contributed by atoms with E-state index in [-0.39, 0.29) is 13.5 Å². The van der Waals surface area contributed by atoms with Crippen LogP contribution in [0.25, 0.3) is 22.3 Å². The van der Waals surface area contributed by atoms with Gasteiger partial charge >= 0.3 is 0 Å². The van der Waals surface area contributed by atoms with Gasteiger partial charge in [-0.15, -0.1) is 0 Å². The predicted octanol–water partition coefficient (Wildman–Crippen LogP) is 5.44. The summed E-state index contributed by atoms with van der Waals surface area (Å²) in [5.74, 6) is 0. The van der Waals surface area contributed by atoms with Crippen molar-refractivity contribution in [3.05, 3.63) is 84.4 Å². The Morgan fingerprint density at radius 3 is 1.50 bits per heavy atom. The molecule has 0 aliphatic rings. The molecule has 0 radical (unpaired) electrons. The van der Waals surface area contributed by atoms with Gasteiger partial charge in [0.05, 0.1) is 0 Å². The summed E-state index contributed by atoms with van der Waals surface area (Å²) < 4.78 is 0. The first-order chi connectivity index (χ1) is 9.34. The zero-order valence-corrected chi connectivity index (χ0v) is 12.5. The van der Waals surface area contributed by atoms with E-state index < -0.39 is 0 Å². The van der Waals surface area contributed by atoms with Crippen molar-refractivity contribution in [2.45, 2.75) is 6.92 Å². The van der Waals surface area contributed by atoms with Crippen LogP contribution in [-0.2, 0) is 0 Å². The zero-order valence-electron chi connectivity index (χ0n) is 11.5. The average Bonchev–Trinajstić information content (AvgIpc) is 2.49. The third kappa shape index (κ3) is 2.94. The van der Waals surface area contributed by atoms with Crippen LogP contribution >= 0.6 is 13.5 Å². The first-order valence-electron chi connectivity index (χ1n) is 6.56. The summed E-state index contributed by atoms with van der Waals surface area (Å²) >= 11 is 0. The van der Waals surface area contributed by atoms with E-state index in [4.69, 9.17) is 0 Å². The van der Waals surface area contributed by atoms with E-state index in [9.17, 15) is 0 Å². The van der Waals surface area contributed by atoms with Gasteiger partial charge in [-0.05, 0) is 29.2 Å². The molecule has 0 heterocycles. The molecule has 0 saturated carbocycles. The molecule has 0 bridgehead atoms. The Hall–Kier alpha value is -1.99. The molecule has 3 rings (SSSR count). The van der Waals surface area contributed by atoms with Crippen molar-refractivity contribution < 1.29 is 0 Å². The number of hydrogen-bond donors (Lipinski definition) is 0. The molecular weight excluding hydrogens is 260 g/mol. The normalized spacial score (nSPS) is 9.85. The van der Waals surface area contributed by atoms with Gasteiger partial charge in [0.2, 0.25) is 0 Å². The smallest absolute Gasteiger partial charge is 0.0105 e. The summed E-state index contributed by atoms with van der Waals surface area (Å²) in [4.78, 5) is 0. The van der Waals surface area contributed by atoms with Crippen molar-refractivity contribution in [1.29, 1.82) is 0 Å². The highest BCUT2D eigenvalue weighted by molar-refractivity contribution is 7.59. The molecule has 0 aliphatic heterocycles. The van der Waals surface area contributed by atoms with Gasteiger partial charge in [0, 0.05) is 0 Å². The van der Waals surface area contributed by atoms with Crippen LogP contribution < -0.4 is 0 Å². The standard InChI is InChI=1S/C19H16.H2S/c1-15-11-13-17(14-12-15)19-10-6-5-9-18(19)16-7-3-2-4-8-16;/h2-14H,1H3;1H2. The van der Waals surface area contributed by atoms with Crippen molar-refractivity contribution in [3.8, 4) is 22.3 Å². The van der Waals surface area contributed by atoms with Crippen LogP contribution in [0.1, 0.15) is 5.56 Å². The van der Waals surface area contributed by atoms with Crippen LogP contribution in [0.4, 0.5) is 0 Å². The monoisotopic (exact) mass is 278 g/mol. The van der Waals surface area contributed by atoms with Gasteiger partial charge in [0.1, 0.15) is 0 Å². The Morgan fingerprint density at radius 1 is 0.500 bits per heavy atom. The van der Waals surface area contributed by atoms with E-state index >= 15 is 0 Å². The Morgan fingerprint density at radius 2 is 0.950 bits per heavy atom. The fraction of sp³-hybridized carbons (Fsp3) is 0.0526.